The highest BCUT2D eigenvalue weighted by Gasteiger charge is 2.17. The second-order valence-corrected chi connectivity index (χ2v) is 12.2. The Bertz CT molecular complexity index is 2250. The van der Waals surface area contributed by atoms with E-state index in [1.165, 1.54) is 47.5 Å². The Kier molecular flexibility index (Phi) is 4.71. The van der Waals surface area contributed by atoms with Crippen LogP contribution >= 0.6 is 11.3 Å². The van der Waals surface area contributed by atoms with Crippen LogP contribution in [0, 0.1) is 0 Å². The molecule has 0 amide bonds. The van der Waals surface area contributed by atoms with Gasteiger partial charge in [-0.25, -0.2) is 9.97 Å². The molecule has 0 aliphatic rings. The summed E-state index contributed by atoms with van der Waals surface area (Å²) in [6.45, 7) is 8.69. The number of fused-ring (bicyclic) bond motifs is 11. The molecule has 0 radical (unpaired) electrons. The molecule has 4 heterocycles. The van der Waals surface area contributed by atoms with E-state index in [-0.39, 0.29) is 0 Å². The lowest BCUT2D eigenvalue weighted by molar-refractivity contribution is 0.799. The van der Waals surface area contributed by atoms with Gasteiger partial charge in [-0.05, 0) is 46.2 Å². The van der Waals surface area contributed by atoms with Crippen molar-refractivity contribution in [3.8, 4) is 11.1 Å². The molecule has 190 valence electrons. The topological polar surface area (TPSA) is 70.2 Å². The van der Waals surface area contributed by atoms with Gasteiger partial charge in [0.25, 0.3) is 0 Å². The van der Waals surface area contributed by atoms with E-state index in [9.17, 15) is 0 Å². The van der Waals surface area contributed by atoms with Crippen molar-refractivity contribution < 1.29 is 0 Å². The second kappa shape index (κ2) is 8.10. The van der Waals surface area contributed by atoms with Crippen molar-refractivity contribution in [3.63, 3.8) is 0 Å². The normalized spacial score (nSPS) is 12.6. The van der Waals surface area contributed by atoms with Crippen LogP contribution in [0.1, 0.15) is 51.2 Å². The largest absolute Gasteiger partial charge is 0.342 e. The number of pyridine rings is 1. The molecule has 0 aliphatic heterocycles. The van der Waals surface area contributed by atoms with Crippen molar-refractivity contribution in [2.45, 2.75) is 39.5 Å². The van der Waals surface area contributed by atoms with Gasteiger partial charge in [0, 0.05) is 50.5 Å². The molecule has 0 unspecified atom stereocenters. The number of aromatic amines is 2. The third-order valence-corrected chi connectivity index (χ3v) is 9.09. The van der Waals surface area contributed by atoms with Crippen LogP contribution in [0.4, 0.5) is 0 Å². The van der Waals surface area contributed by atoms with Gasteiger partial charge in [-0.1, -0.05) is 58.0 Å². The van der Waals surface area contributed by atoms with Crippen LogP contribution in [0.2, 0.25) is 0 Å². The van der Waals surface area contributed by atoms with Crippen molar-refractivity contribution in [3.05, 3.63) is 78.6 Å². The number of imidazole rings is 2. The van der Waals surface area contributed by atoms with Crippen LogP contribution in [0.5, 0.6) is 0 Å². The molecule has 0 bridgehead atoms. The number of benzene rings is 4. The summed E-state index contributed by atoms with van der Waals surface area (Å²) in [7, 11) is 0. The molecule has 0 aliphatic carbocycles. The number of hydrogen-bond donors (Lipinski definition) is 2. The zero-order chi connectivity index (χ0) is 26.4. The fraction of sp³-hybridized carbons (Fsp3) is 0.182. The van der Waals surface area contributed by atoms with Crippen molar-refractivity contribution in [2.24, 2.45) is 0 Å². The third kappa shape index (κ3) is 3.28. The smallest absolute Gasteiger partial charge is 0.109 e. The Hall–Kier alpha value is -4.29. The monoisotopic (exact) mass is 525 g/mol. The minimum Gasteiger partial charge on any atom is -0.342 e. The fourth-order valence-electron chi connectivity index (χ4n) is 5.81. The quantitative estimate of drug-likeness (QED) is 0.226. The van der Waals surface area contributed by atoms with Gasteiger partial charge >= 0.3 is 0 Å². The Morgan fingerprint density at radius 2 is 1.36 bits per heavy atom. The Morgan fingerprint density at radius 1 is 0.641 bits per heavy atom. The van der Waals surface area contributed by atoms with Crippen LogP contribution in [0.25, 0.3) is 74.9 Å². The number of aromatic nitrogens is 5. The molecule has 0 fully saturated rings. The summed E-state index contributed by atoms with van der Waals surface area (Å²) in [6.07, 6.45) is 3.82. The molecule has 0 spiro atoms. The molecule has 0 saturated carbocycles. The molecule has 6 heteroatoms. The number of H-pyrrole nitrogens is 2. The minimum atomic E-state index is 0.325. The van der Waals surface area contributed by atoms with E-state index in [1.54, 1.807) is 0 Å². The molecule has 8 rings (SSSR count). The maximum absolute atomic E-state index is 4.96. The van der Waals surface area contributed by atoms with E-state index < -0.39 is 0 Å². The van der Waals surface area contributed by atoms with Crippen molar-refractivity contribution >= 4 is 75.1 Å². The zero-order valence-corrected chi connectivity index (χ0v) is 23.1. The lowest BCUT2D eigenvalue weighted by atomic mass is 9.96. The van der Waals surface area contributed by atoms with Gasteiger partial charge in [0.15, 0.2) is 0 Å². The first-order valence-electron chi connectivity index (χ1n) is 13.5. The van der Waals surface area contributed by atoms with E-state index >= 15 is 0 Å². The zero-order valence-electron chi connectivity index (χ0n) is 22.3. The summed E-state index contributed by atoms with van der Waals surface area (Å²) < 4.78 is 2.53. The second-order valence-electron chi connectivity index (χ2n) is 11.1. The van der Waals surface area contributed by atoms with Crippen LogP contribution < -0.4 is 0 Å². The molecule has 0 saturated heterocycles. The molecule has 4 aromatic carbocycles. The lowest BCUT2D eigenvalue weighted by Gasteiger charge is -2.09. The van der Waals surface area contributed by atoms with E-state index in [1.807, 2.05) is 23.7 Å². The molecule has 5 nitrogen and oxygen atoms in total. The Labute approximate surface area is 228 Å². The number of nitrogens with zero attached hydrogens (tertiary/aromatic N) is 3. The maximum Gasteiger partial charge on any atom is 0.109 e. The Balaban J connectivity index is 1.34. The molecule has 4 aromatic heterocycles. The number of nitrogens with one attached hydrogen (secondary N) is 2. The van der Waals surface area contributed by atoms with E-state index in [0.717, 1.165) is 39.1 Å². The molecule has 2 N–H and O–H groups in total. The van der Waals surface area contributed by atoms with Crippen LogP contribution in [-0.4, -0.2) is 24.9 Å². The third-order valence-electron chi connectivity index (χ3n) is 7.91. The fourth-order valence-corrected chi connectivity index (χ4v) is 7.05. The first-order valence-corrected chi connectivity index (χ1v) is 14.3. The summed E-state index contributed by atoms with van der Waals surface area (Å²) in [5.41, 5.74) is 6.69. The SMILES string of the molecule is CC(C)c1nc2c(ccc3c4ccc(-c5ccc6c(c5)c5ccncc5c5nc(C(C)C)[nH]c65)cc4sc32)[nH]1. The van der Waals surface area contributed by atoms with Gasteiger partial charge < -0.3 is 9.97 Å². The maximum atomic E-state index is 4.96. The average molecular weight is 526 g/mol. The predicted molar refractivity (Wildman–Crippen MR) is 165 cm³/mol. The molecular weight excluding hydrogens is 498 g/mol. The van der Waals surface area contributed by atoms with Gasteiger partial charge in [-0.15, -0.1) is 11.3 Å². The summed E-state index contributed by atoms with van der Waals surface area (Å²) in [4.78, 5) is 21.5. The van der Waals surface area contributed by atoms with Gasteiger partial charge in [0.2, 0.25) is 0 Å². The van der Waals surface area contributed by atoms with E-state index in [2.05, 4.69) is 97.2 Å². The highest BCUT2D eigenvalue weighted by atomic mass is 32.1. The van der Waals surface area contributed by atoms with Gasteiger partial charge in [-0.2, -0.15) is 0 Å². The predicted octanol–water partition coefficient (Wildman–Crippen LogP) is 9.42. The Morgan fingerprint density at radius 3 is 2.18 bits per heavy atom. The standard InChI is InChI=1S/C33H27N5S/c1-16(2)32-35-26-10-9-23-21-7-5-19(14-27(21)39-31(23)30(26)38-32)18-6-8-22-24(13-18)20-11-12-34-15-25(20)29-28(22)36-33(37-29)17(3)4/h5-17H,1-4H3,(H,35,38)(H,36,37). The van der Waals surface area contributed by atoms with Crippen LogP contribution in [0.15, 0.2) is 67.0 Å². The van der Waals surface area contributed by atoms with Crippen molar-refractivity contribution in [1.82, 2.24) is 24.9 Å². The summed E-state index contributed by atoms with van der Waals surface area (Å²) in [5, 5.41) is 7.23. The first kappa shape index (κ1) is 22.7. The van der Waals surface area contributed by atoms with E-state index in [4.69, 9.17) is 9.97 Å². The summed E-state index contributed by atoms with van der Waals surface area (Å²) in [5.74, 6) is 2.74. The van der Waals surface area contributed by atoms with Crippen LogP contribution in [-0.2, 0) is 0 Å². The highest BCUT2D eigenvalue weighted by molar-refractivity contribution is 7.26. The van der Waals surface area contributed by atoms with Crippen LogP contribution in [0.3, 0.4) is 0 Å². The molecule has 0 atom stereocenters. The van der Waals surface area contributed by atoms with Gasteiger partial charge in [-0.3, -0.25) is 4.98 Å². The van der Waals surface area contributed by atoms with Gasteiger partial charge in [0.05, 0.1) is 21.3 Å². The summed E-state index contributed by atoms with van der Waals surface area (Å²) >= 11 is 1.83. The average Bonchev–Trinajstić information content (AvgIpc) is 3.67. The minimum absolute atomic E-state index is 0.325. The first-order chi connectivity index (χ1) is 19.0. The van der Waals surface area contributed by atoms with Gasteiger partial charge in [0.1, 0.15) is 17.2 Å². The number of hydrogen-bond acceptors (Lipinski definition) is 4. The molecule has 8 aromatic rings. The summed E-state index contributed by atoms with van der Waals surface area (Å²) in [6, 6.07) is 20.2. The molecule has 39 heavy (non-hydrogen) atoms. The van der Waals surface area contributed by atoms with Crippen molar-refractivity contribution in [2.75, 3.05) is 0 Å². The number of thiophene rings is 1. The van der Waals surface area contributed by atoms with Crippen molar-refractivity contribution in [1.29, 1.82) is 0 Å². The number of rotatable bonds is 3. The van der Waals surface area contributed by atoms with E-state index in [0.29, 0.717) is 11.8 Å². The lowest BCUT2D eigenvalue weighted by Crippen LogP contribution is -1.88. The highest BCUT2D eigenvalue weighted by Crippen LogP contribution is 2.41. The molecular formula is C33H27N5S.